The monoisotopic (exact) mass is 219 g/mol. The molecule has 0 aliphatic rings. The Hall–Kier alpha value is -2.50. The minimum Gasteiger partial charge on any atom is -0.465 e. The number of nitrogens with one attached hydrogen (secondary N) is 2. The third-order valence-corrected chi connectivity index (χ3v) is 1.80. The summed E-state index contributed by atoms with van der Waals surface area (Å²) < 4.78 is 5.00. The van der Waals surface area contributed by atoms with Gasteiger partial charge < -0.3 is 14.8 Å². The van der Waals surface area contributed by atoms with E-state index in [1.165, 1.54) is 12.5 Å². The average Bonchev–Trinajstić information content (AvgIpc) is 2.70. The first-order valence-electron chi connectivity index (χ1n) is 4.50. The van der Waals surface area contributed by atoms with E-state index in [0.29, 0.717) is 17.4 Å². The van der Waals surface area contributed by atoms with Crippen LogP contribution < -0.4 is 10.6 Å². The predicted octanol–water partition coefficient (Wildman–Crippen LogP) is 2.51. The number of hydrogen-bond acceptors (Lipinski definition) is 4. The lowest BCUT2D eigenvalue weighted by Gasteiger charge is -2.04. The van der Waals surface area contributed by atoms with Crippen LogP contribution in [0.3, 0.4) is 0 Å². The largest absolute Gasteiger partial charge is 0.465 e. The highest BCUT2D eigenvalue weighted by Gasteiger charge is 2.01. The Kier molecular flexibility index (Phi) is 2.73. The first-order chi connectivity index (χ1) is 7.74. The Morgan fingerprint density at radius 3 is 2.88 bits per heavy atom. The summed E-state index contributed by atoms with van der Waals surface area (Å²) in [6.07, 6.45) is 1.86. The van der Waals surface area contributed by atoms with Crippen molar-refractivity contribution in [3.63, 3.8) is 0 Å². The number of aromatic nitrogens is 1. The zero-order valence-electron chi connectivity index (χ0n) is 8.18. The number of carboxylic acid groups (broad SMARTS) is 1. The molecule has 0 fully saturated rings. The highest BCUT2D eigenvalue weighted by Crippen LogP contribution is 2.18. The molecule has 1 aromatic carbocycles. The standard InChI is InChI=1S/C10H9N3O3/c14-10(15)13-8-3-1-2-7(6-8)12-9-11-4-5-16-9/h1-6,13H,(H,11,12)(H,14,15). The van der Waals surface area contributed by atoms with Gasteiger partial charge >= 0.3 is 6.09 Å². The van der Waals surface area contributed by atoms with E-state index in [4.69, 9.17) is 9.52 Å². The zero-order chi connectivity index (χ0) is 11.4. The Morgan fingerprint density at radius 1 is 1.38 bits per heavy atom. The smallest absolute Gasteiger partial charge is 0.409 e. The second kappa shape index (κ2) is 4.35. The molecule has 6 nitrogen and oxygen atoms in total. The topological polar surface area (TPSA) is 87.4 Å². The Morgan fingerprint density at radius 2 is 2.19 bits per heavy atom. The maximum absolute atomic E-state index is 10.4. The fourth-order valence-corrected chi connectivity index (χ4v) is 1.21. The van der Waals surface area contributed by atoms with Gasteiger partial charge in [-0.2, -0.15) is 0 Å². The van der Waals surface area contributed by atoms with Crippen LogP contribution in [0, 0.1) is 0 Å². The fraction of sp³-hybridized carbons (Fsp3) is 0. The molecule has 0 saturated heterocycles. The maximum Gasteiger partial charge on any atom is 0.409 e. The van der Waals surface area contributed by atoms with Crippen LogP contribution in [-0.4, -0.2) is 16.2 Å². The van der Waals surface area contributed by atoms with Crippen molar-refractivity contribution < 1.29 is 14.3 Å². The van der Waals surface area contributed by atoms with E-state index in [1.807, 2.05) is 0 Å². The SMILES string of the molecule is O=C(O)Nc1cccc(Nc2ncco2)c1. The molecule has 0 unspecified atom stereocenters. The van der Waals surface area contributed by atoms with Gasteiger partial charge in [0.15, 0.2) is 0 Å². The normalized spacial score (nSPS) is 9.75. The summed E-state index contributed by atoms with van der Waals surface area (Å²) in [7, 11) is 0. The number of oxazole rings is 1. The Bertz CT molecular complexity index is 482. The van der Waals surface area contributed by atoms with E-state index in [1.54, 1.807) is 24.3 Å². The lowest BCUT2D eigenvalue weighted by Crippen LogP contribution is -2.07. The van der Waals surface area contributed by atoms with Gasteiger partial charge in [-0.05, 0) is 18.2 Å². The van der Waals surface area contributed by atoms with Gasteiger partial charge in [0, 0.05) is 11.4 Å². The number of anilines is 3. The summed E-state index contributed by atoms with van der Waals surface area (Å²) in [5.74, 6) is 0. The van der Waals surface area contributed by atoms with Gasteiger partial charge in [0.2, 0.25) is 0 Å². The van der Waals surface area contributed by atoms with E-state index < -0.39 is 6.09 Å². The lowest BCUT2D eigenvalue weighted by atomic mass is 10.3. The van der Waals surface area contributed by atoms with E-state index in [9.17, 15) is 4.79 Å². The number of hydrogen-bond donors (Lipinski definition) is 3. The highest BCUT2D eigenvalue weighted by atomic mass is 16.4. The number of carbonyl (C=O) groups is 1. The van der Waals surface area contributed by atoms with Gasteiger partial charge in [0.1, 0.15) is 6.26 Å². The fourth-order valence-electron chi connectivity index (χ4n) is 1.21. The van der Waals surface area contributed by atoms with Gasteiger partial charge in [-0.1, -0.05) is 6.07 Å². The van der Waals surface area contributed by atoms with Gasteiger partial charge in [0.05, 0.1) is 6.20 Å². The van der Waals surface area contributed by atoms with Crippen molar-refractivity contribution in [1.29, 1.82) is 0 Å². The molecule has 0 bridgehead atoms. The lowest BCUT2D eigenvalue weighted by molar-refractivity contribution is 0.210. The zero-order valence-corrected chi connectivity index (χ0v) is 8.18. The number of rotatable bonds is 3. The molecule has 0 saturated carbocycles. The first-order valence-corrected chi connectivity index (χ1v) is 4.50. The molecule has 3 N–H and O–H groups in total. The van der Waals surface area contributed by atoms with Crippen LogP contribution in [0.5, 0.6) is 0 Å². The second-order valence-electron chi connectivity index (χ2n) is 2.97. The molecule has 0 radical (unpaired) electrons. The predicted molar refractivity (Wildman–Crippen MR) is 57.9 cm³/mol. The summed E-state index contributed by atoms with van der Waals surface area (Å²) >= 11 is 0. The number of amides is 1. The van der Waals surface area contributed by atoms with Crippen molar-refractivity contribution in [3.8, 4) is 0 Å². The molecule has 16 heavy (non-hydrogen) atoms. The molecule has 0 aliphatic heterocycles. The van der Waals surface area contributed by atoms with Crippen LogP contribution in [0.1, 0.15) is 0 Å². The van der Waals surface area contributed by atoms with Crippen molar-refractivity contribution in [2.24, 2.45) is 0 Å². The van der Waals surface area contributed by atoms with E-state index in [0.717, 1.165) is 0 Å². The summed E-state index contributed by atoms with van der Waals surface area (Å²) in [4.78, 5) is 14.3. The molecule has 2 aromatic rings. The van der Waals surface area contributed by atoms with E-state index in [-0.39, 0.29) is 0 Å². The second-order valence-corrected chi connectivity index (χ2v) is 2.97. The first kappa shape index (κ1) is 10.0. The third kappa shape index (κ3) is 2.50. The molecule has 82 valence electrons. The molecule has 2 rings (SSSR count). The van der Waals surface area contributed by atoms with Gasteiger partial charge in [-0.3, -0.25) is 5.32 Å². The molecule has 1 heterocycles. The molecule has 6 heteroatoms. The Balaban J connectivity index is 2.13. The van der Waals surface area contributed by atoms with Crippen LogP contribution in [0.4, 0.5) is 22.2 Å². The number of benzene rings is 1. The minimum absolute atomic E-state index is 0.354. The average molecular weight is 219 g/mol. The molecule has 1 amide bonds. The summed E-state index contributed by atoms with van der Waals surface area (Å²) in [5.41, 5.74) is 1.16. The van der Waals surface area contributed by atoms with Crippen LogP contribution in [0.15, 0.2) is 41.1 Å². The molecular formula is C10H9N3O3. The number of nitrogens with zero attached hydrogens (tertiary/aromatic N) is 1. The molecule has 0 aliphatic carbocycles. The molecular weight excluding hydrogens is 210 g/mol. The van der Waals surface area contributed by atoms with Gasteiger partial charge in [0.25, 0.3) is 6.01 Å². The van der Waals surface area contributed by atoms with Crippen molar-refractivity contribution in [1.82, 2.24) is 4.98 Å². The maximum atomic E-state index is 10.4. The van der Waals surface area contributed by atoms with Crippen molar-refractivity contribution in [3.05, 3.63) is 36.7 Å². The minimum atomic E-state index is -1.10. The molecule has 0 atom stereocenters. The molecule has 1 aromatic heterocycles. The van der Waals surface area contributed by atoms with E-state index in [2.05, 4.69) is 15.6 Å². The van der Waals surface area contributed by atoms with Gasteiger partial charge in [-0.15, -0.1) is 0 Å². The third-order valence-electron chi connectivity index (χ3n) is 1.80. The van der Waals surface area contributed by atoms with E-state index >= 15 is 0 Å². The van der Waals surface area contributed by atoms with Crippen LogP contribution in [0.2, 0.25) is 0 Å². The van der Waals surface area contributed by atoms with Crippen molar-refractivity contribution in [2.45, 2.75) is 0 Å². The van der Waals surface area contributed by atoms with Crippen molar-refractivity contribution in [2.75, 3.05) is 10.6 Å². The quantitative estimate of drug-likeness (QED) is 0.738. The van der Waals surface area contributed by atoms with Crippen LogP contribution in [0.25, 0.3) is 0 Å². The molecule has 0 spiro atoms. The van der Waals surface area contributed by atoms with Gasteiger partial charge in [-0.25, -0.2) is 9.78 Å². The highest BCUT2D eigenvalue weighted by molar-refractivity contribution is 5.83. The van der Waals surface area contributed by atoms with Crippen molar-refractivity contribution >= 4 is 23.5 Å². The van der Waals surface area contributed by atoms with Crippen LogP contribution in [-0.2, 0) is 0 Å². The summed E-state index contributed by atoms with van der Waals surface area (Å²) in [6, 6.07) is 7.13. The van der Waals surface area contributed by atoms with Crippen LogP contribution >= 0.6 is 0 Å². The Labute approximate surface area is 90.9 Å². The summed E-state index contributed by atoms with van der Waals surface area (Å²) in [5, 5.41) is 13.7. The summed E-state index contributed by atoms with van der Waals surface area (Å²) in [6.45, 7) is 0.